The van der Waals surface area contributed by atoms with Crippen LogP contribution in [0.2, 0.25) is 0 Å². The number of aliphatic hydroxyl groups excluding tert-OH is 1. The SMILES string of the molecule is NCCC(O)c1cccc(OCC2(C3CC3)CCCC2)c1. The molecule has 116 valence electrons. The first-order chi connectivity index (χ1) is 10.2. The molecule has 3 N–H and O–H groups in total. The lowest BCUT2D eigenvalue weighted by Crippen LogP contribution is -2.27. The minimum absolute atomic E-state index is 0.436. The number of hydrogen-bond acceptors (Lipinski definition) is 3. The predicted molar refractivity (Wildman–Crippen MR) is 84.2 cm³/mol. The summed E-state index contributed by atoms with van der Waals surface area (Å²) in [5, 5.41) is 10.0. The van der Waals surface area contributed by atoms with Crippen LogP contribution in [0.15, 0.2) is 24.3 Å². The third kappa shape index (κ3) is 3.41. The second-order valence-corrected chi connectivity index (χ2v) is 6.80. The molecule has 0 spiro atoms. The van der Waals surface area contributed by atoms with Gasteiger partial charge in [-0.1, -0.05) is 25.0 Å². The fraction of sp³-hybridized carbons (Fsp3) is 0.667. The lowest BCUT2D eigenvalue weighted by molar-refractivity contribution is 0.124. The monoisotopic (exact) mass is 289 g/mol. The molecule has 0 amide bonds. The Morgan fingerprint density at radius 3 is 2.71 bits per heavy atom. The molecular weight excluding hydrogens is 262 g/mol. The number of aliphatic hydroxyl groups is 1. The van der Waals surface area contributed by atoms with Gasteiger partial charge in [-0.05, 0) is 62.3 Å². The maximum atomic E-state index is 10.0. The van der Waals surface area contributed by atoms with E-state index < -0.39 is 6.10 Å². The lowest BCUT2D eigenvalue weighted by Gasteiger charge is -2.29. The molecule has 0 aromatic heterocycles. The first kappa shape index (κ1) is 14.9. The van der Waals surface area contributed by atoms with Gasteiger partial charge in [-0.25, -0.2) is 0 Å². The van der Waals surface area contributed by atoms with Crippen molar-refractivity contribution in [3.05, 3.63) is 29.8 Å². The zero-order valence-corrected chi connectivity index (χ0v) is 12.8. The van der Waals surface area contributed by atoms with Crippen LogP contribution in [-0.2, 0) is 0 Å². The van der Waals surface area contributed by atoms with E-state index in [0.717, 1.165) is 23.8 Å². The van der Waals surface area contributed by atoms with Crippen molar-refractivity contribution >= 4 is 0 Å². The van der Waals surface area contributed by atoms with Crippen molar-refractivity contribution in [3.8, 4) is 5.75 Å². The predicted octanol–water partition coefficient (Wildman–Crippen LogP) is 3.42. The molecule has 0 saturated heterocycles. The van der Waals surface area contributed by atoms with E-state index in [9.17, 15) is 5.11 Å². The summed E-state index contributed by atoms with van der Waals surface area (Å²) in [6.45, 7) is 1.34. The van der Waals surface area contributed by atoms with Gasteiger partial charge in [0.05, 0.1) is 12.7 Å². The highest BCUT2D eigenvalue weighted by atomic mass is 16.5. The lowest BCUT2D eigenvalue weighted by atomic mass is 9.82. The summed E-state index contributed by atoms with van der Waals surface area (Å²) in [5.74, 6) is 1.78. The summed E-state index contributed by atoms with van der Waals surface area (Å²) in [6, 6.07) is 7.87. The first-order valence-corrected chi connectivity index (χ1v) is 8.34. The normalized spacial score (nSPS) is 22.2. The molecule has 3 rings (SSSR count). The van der Waals surface area contributed by atoms with E-state index in [2.05, 4.69) is 0 Å². The Balaban J connectivity index is 1.63. The van der Waals surface area contributed by atoms with Crippen LogP contribution in [0.25, 0.3) is 0 Å². The molecule has 1 atom stereocenters. The van der Waals surface area contributed by atoms with Gasteiger partial charge >= 0.3 is 0 Å². The Bertz CT molecular complexity index is 464. The molecule has 0 bridgehead atoms. The van der Waals surface area contributed by atoms with Crippen molar-refractivity contribution in [2.24, 2.45) is 17.1 Å². The molecule has 2 fully saturated rings. The van der Waals surface area contributed by atoms with Gasteiger partial charge < -0.3 is 15.6 Å². The summed E-state index contributed by atoms with van der Waals surface area (Å²) in [4.78, 5) is 0. The van der Waals surface area contributed by atoms with Crippen molar-refractivity contribution in [1.29, 1.82) is 0 Å². The Morgan fingerprint density at radius 2 is 2.05 bits per heavy atom. The van der Waals surface area contributed by atoms with Crippen LogP contribution >= 0.6 is 0 Å². The van der Waals surface area contributed by atoms with Crippen molar-refractivity contribution < 1.29 is 9.84 Å². The van der Waals surface area contributed by atoms with E-state index in [-0.39, 0.29) is 0 Å². The van der Waals surface area contributed by atoms with Crippen molar-refractivity contribution in [2.75, 3.05) is 13.2 Å². The van der Waals surface area contributed by atoms with E-state index in [4.69, 9.17) is 10.5 Å². The summed E-state index contributed by atoms with van der Waals surface area (Å²) in [5.41, 5.74) is 6.86. The molecule has 1 aromatic rings. The zero-order valence-electron chi connectivity index (χ0n) is 12.8. The number of nitrogens with two attached hydrogens (primary N) is 1. The Labute approximate surface area is 127 Å². The highest BCUT2D eigenvalue weighted by Crippen LogP contribution is 2.54. The van der Waals surface area contributed by atoms with Crippen LogP contribution in [0.4, 0.5) is 0 Å². The maximum Gasteiger partial charge on any atom is 0.119 e. The summed E-state index contributed by atoms with van der Waals surface area (Å²) in [6.07, 6.45) is 8.25. The molecule has 1 aromatic carbocycles. The van der Waals surface area contributed by atoms with Crippen LogP contribution in [-0.4, -0.2) is 18.3 Å². The molecule has 0 aliphatic heterocycles. The minimum Gasteiger partial charge on any atom is -0.493 e. The van der Waals surface area contributed by atoms with Gasteiger partial charge in [-0.2, -0.15) is 0 Å². The standard InChI is InChI=1S/C18H27NO2/c19-11-8-17(20)14-4-3-5-16(12-14)21-13-18(15-6-7-15)9-1-2-10-18/h3-5,12,15,17,20H,1-2,6-11,13,19H2. The second-order valence-electron chi connectivity index (χ2n) is 6.80. The Morgan fingerprint density at radius 1 is 1.29 bits per heavy atom. The third-order valence-electron chi connectivity index (χ3n) is 5.25. The second kappa shape index (κ2) is 6.37. The van der Waals surface area contributed by atoms with E-state index >= 15 is 0 Å². The molecule has 1 unspecified atom stereocenters. The number of rotatable bonds is 7. The maximum absolute atomic E-state index is 10.0. The highest BCUT2D eigenvalue weighted by Gasteiger charge is 2.47. The molecular formula is C18H27NO2. The van der Waals surface area contributed by atoms with Crippen LogP contribution in [0.1, 0.15) is 56.6 Å². The van der Waals surface area contributed by atoms with Gasteiger partial charge in [0.15, 0.2) is 0 Å². The van der Waals surface area contributed by atoms with Crippen molar-refractivity contribution in [2.45, 2.75) is 51.0 Å². The van der Waals surface area contributed by atoms with Crippen LogP contribution in [0.5, 0.6) is 5.75 Å². The first-order valence-electron chi connectivity index (χ1n) is 8.34. The van der Waals surface area contributed by atoms with Gasteiger partial charge in [0.2, 0.25) is 0 Å². The van der Waals surface area contributed by atoms with Crippen molar-refractivity contribution in [3.63, 3.8) is 0 Å². The fourth-order valence-corrected chi connectivity index (χ4v) is 3.81. The molecule has 3 nitrogen and oxygen atoms in total. The largest absolute Gasteiger partial charge is 0.493 e. The van der Waals surface area contributed by atoms with E-state index in [1.54, 1.807) is 0 Å². The summed E-state index contributed by atoms with van der Waals surface area (Å²) < 4.78 is 6.12. The summed E-state index contributed by atoms with van der Waals surface area (Å²) in [7, 11) is 0. The molecule has 2 aliphatic rings. The fourth-order valence-electron chi connectivity index (χ4n) is 3.81. The van der Waals surface area contributed by atoms with Gasteiger partial charge in [0.1, 0.15) is 5.75 Å². The Kier molecular flexibility index (Phi) is 4.51. The van der Waals surface area contributed by atoms with Crippen LogP contribution in [0, 0.1) is 11.3 Å². The highest BCUT2D eigenvalue weighted by molar-refractivity contribution is 5.30. The molecule has 21 heavy (non-hydrogen) atoms. The van der Waals surface area contributed by atoms with Gasteiger partial charge in [-0.3, -0.25) is 0 Å². The topological polar surface area (TPSA) is 55.5 Å². The van der Waals surface area contributed by atoms with Gasteiger partial charge in [-0.15, -0.1) is 0 Å². The van der Waals surface area contributed by atoms with E-state index in [0.29, 0.717) is 18.4 Å². The van der Waals surface area contributed by atoms with Crippen LogP contribution < -0.4 is 10.5 Å². The average Bonchev–Trinajstić information content (AvgIpc) is 3.26. The number of hydrogen-bond donors (Lipinski definition) is 2. The minimum atomic E-state index is -0.484. The smallest absolute Gasteiger partial charge is 0.119 e. The third-order valence-corrected chi connectivity index (χ3v) is 5.25. The number of benzene rings is 1. The Hall–Kier alpha value is -1.06. The van der Waals surface area contributed by atoms with Gasteiger partial charge in [0.25, 0.3) is 0 Å². The quantitative estimate of drug-likeness (QED) is 0.808. The molecule has 3 heteroatoms. The zero-order chi connectivity index (χ0) is 14.7. The van der Waals surface area contributed by atoms with E-state index in [1.165, 1.54) is 38.5 Å². The van der Waals surface area contributed by atoms with Gasteiger partial charge in [0, 0.05) is 5.41 Å². The number of ether oxygens (including phenoxy) is 1. The summed E-state index contributed by atoms with van der Waals surface area (Å²) >= 11 is 0. The van der Waals surface area contributed by atoms with E-state index in [1.807, 2.05) is 24.3 Å². The molecule has 2 saturated carbocycles. The molecule has 2 aliphatic carbocycles. The molecule has 0 radical (unpaired) electrons. The average molecular weight is 289 g/mol. The van der Waals surface area contributed by atoms with Crippen molar-refractivity contribution in [1.82, 2.24) is 0 Å². The molecule has 0 heterocycles. The van der Waals surface area contributed by atoms with Crippen LogP contribution in [0.3, 0.4) is 0 Å².